The highest BCUT2D eigenvalue weighted by atomic mass is 32.3. The van der Waals surface area contributed by atoms with Gasteiger partial charge >= 0.3 is 16.4 Å². The van der Waals surface area contributed by atoms with Crippen molar-refractivity contribution in [2.75, 3.05) is 26.2 Å². The Morgan fingerprint density at radius 2 is 1.96 bits per heavy atom. The fraction of sp³-hybridized carbons (Fsp3) is 0.800. The number of likely N-dealkylation sites (tertiary alicyclic amines) is 1. The Balaban J connectivity index is 1.58. The zero-order chi connectivity index (χ0) is 19.6. The van der Waals surface area contributed by atoms with Crippen molar-refractivity contribution < 1.29 is 26.8 Å². The Kier molecular flexibility index (Phi) is 5.99. The van der Waals surface area contributed by atoms with Gasteiger partial charge in [-0.2, -0.15) is 18.5 Å². The Hall–Kier alpha value is -1.76. The first-order chi connectivity index (χ1) is 12.7. The molecule has 0 aromatic carbocycles. The predicted octanol–water partition coefficient (Wildman–Crippen LogP) is -0.251. The number of carbonyl (C=O) groups excluding carboxylic acids is 2. The standard InChI is InChI=1S/C15H25N5O6S/c16-14(17-13(21)6-9-18-7-2-1-3-8-18)12-5-4-11-10-19(12)15(22)20(11)26-27(23,24)25/h11-12H,1-10H2,(H2,16,17,21)(H,23,24,25). The van der Waals surface area contributed by atoms with E-state index in [0.717, 1.165) is 25.9 Å². The van der Waals surface area contributed by atoms with Gasteiger partial charge in [0.15, 0.2) is 0 Å². The molecule has 0 saturated carbocycles. The average molecular weight is 403 g/mol. The van der Waals surface area contributed by atoms with Crippen molar-refractivity contribution in [2.24, 2.45) is 10.7 Å². The minimum Gasteiger partial charge on any atom is -0.385 e. The number of carbonyl (C=O) groups is 2. The van der Waals surface area contributed by atoms with Gasteiger partial charge in [0.2, 0.25) is 5.91 Å². The predicted molar refractivity (Wildman–Crippen MR) is 94.9 cm³/mol. The number of nitrogens with two attached hydrogens (primary N) is 1. The van der Waals surface area contributed by atoms with Crippen molar-refractivity contribution in [3.8, 4) is 0 Å². The molecule has 3 amide bonds. The van der Waals surface area contributed by atoms with Gasteiger partial charge in [0, 0.05) is 19.5 Å². The molecule has 0 aliphatic carbocycles. The molecule has 2 atom stereocenters. The number of fused-ring (bicyclic) bond motifs is 2. The number of rotatable bonds is 6. The smallest absolute Gasteiger partial charge is 0.385 e. The zero-order valence-electron chi connectivity index (χ0n) is 15.0. The number of aliphatic imine (C=N–C) groups is 1. The number of hydroxylamine groups is 2. The molecule has 27 heavy (non-hydrogen) atoms. The Morgan fingerprint density at radius 3 is 2.63 bits per heavy atom. The summed E-state index contributed by atoms with van der Waals surface area (Å²) in [6.07, 6.45) is 4.61. The summed E-state index contributed by atoms with van der Waals surface area (Å²) in [6.45, 7) is 2.81. The molecule has 3 fully saturated rings. The molecule has 3 saturated heterocycles. The van der Waals surface area contributed by atoms with E-state index < -0.39 is 28.5 Å². The Morgan fingerprint density at radius 1 is 1.26 bits per heavy atom. The maximum Gasteiger partial charge on any atom is 0.418 e. The van der Waals surface area contributed by atoms with Crippen LogP contribution < -0.4 is 5.73 Å². The molecule has 3 aliphatic heterocycles. The van der Waals surface area contributed by atoms with E-state index >= 15 is 0 Å². The van der Waals surface area contributed by atoms with Crippen molar-refractivity contribution in [2.45, 2.75) is 50.6 Å². The molecule has 3 N–H and O–H groups in total. The number of nitrogens with zero attached hydrogens (tertiary/aromatic N) is 4. The van der Waals surface area contributed by atoms with Gasteiger partial charge in [-0.3, -0.25) is 9.35 Å². The second-order valence-corrected chi connectivity index (χ2v) is 8.10. The first-order valence-electron chi connectivity index (χ1n) is 9.10. The lowest BCUT2D eigenvalue weighted by atomic mass is 10.0. The molecule has 2 unspecified atom stereocenters. The van der Waals surface area contributed by atoms with Crippen LogP contribution >= 0.6 is 0 Å². The van der Waals surface area contributed by atoms with Crippen LogP contribution in [0.3, 0.4) is 0 Å². The van der Waals surface area contributed by atoms with Gasteiger partial charge < -0.3 is 15.5 Å². The summed E-state index contributed by atoms with van der Waals surface area (Å²) in [7, 11) is -4.80. The second-order valence-electron chi connectivity index (χ2n) is 7.09. The van der Waals surface area contributed by atoms with E-state index in [1.807, 2.05) is 0 Å². The van der Waals surface area contributed by atoms with E-state index in [9.17, 15) is 18.0 Å². The van der Waals surface area contributed by atoms with Crippen LogP contribution in [0.1, 0.15) is 38.5 Å². The number of piperidine rings is 2. The zero-order valence-corrected chi connectivity index (χ0v) is 15.8. The lowest BCUT2D eigenvalue weighted by Crippen LogP contribution is -2.48. The molecular formula is C15H25N5O6S. The lowest BCUT2D eigenvalue weighted by Gasteiger charge is -2.29. The van der Waals surface area contributed by atoms with Crippen molar-refractivity contribution >= 4 is 28.2 Å². The second kappa shape index (κ2) is 8.09. The molecule has 3 aliphatic rings. The van der Waals surface area contributed by atoms with Gasteiger partial charge in [-0.05, 0) is 38.8 Å². The number of amidine groups is 1. The molecule has 3 rings (SSSR count). The molecule has 0 radical (unpaired) electrons. The minimum atomic E-state index is -4.80. The highest BCUT2D eigenvalue weighted by Gasteiger charge is 2.48. The summed E-state index contributed by atoms with van der Waals surface area (Å²) in [4.78, 5) is 32.0. The van der Waals surface area contributed by atoms with Crippen LogP contribution in [0.5, 0.6) is 0 Å². The highest BCUT2D eigenvalue weighted by molar-refractivity contribution is 7.80. The van der Waals surface area contributed by atoms with E-state index in [1.54, 1.807) is 0 Å². The van der Waals surface area contributed by atoms with Crippen molar-refractivity contribution in [1.29, 1.82) is 0 Å². The molecule has 152 valence electrons. The van der Waals surface area contributed by atoms with Crippen LogP contribution in [0.4, 0.5) is 4.79 Å². The minimum absolute atomic E-state index is 0.0409. The van der Waals surface area contributed by atoms with Crippen molar-refractivity contribution in [1.82, 2.24) is 14.9 Å². The van der Waals surface area contributed by atoms with Crippen molar-refractivity contribution in [3.63, 3.8) is 0 Å². The molecule has 3 heterocycles. The third-order valence-electron chi connectivity index (χ3n) is 5.18. The van der Waals surface area contributed by atoms with E-state index in [4.69, 9.17) is 10.3 Å². The van der Waals surface area contributed by atoms with Crippen LogP contribution in [0.2, 0.25) is 0 Å². The van der Waals surface area contributed by atoms with E-state index in [1.165, 1.54) is 11.3 Å². The fourth-order valence-corrected chi connectivity index (χ4v) is 4.24. The first-order valence-corrected chi connectivity index (χ1v) is 10.5. The van der Waals surface area contributed by atoms with E-state index in [0.29, 0.717) is 24.4 Å². The summed E-state index contributed by atoms with van der Waals surface area (Å²) < 4.78 is 35.0. The molecule has 11 nitrogen and oxygen atoms in total. The first kappa shape index (κ1) is 20.0. The van der Waals surface area contributed by atoms with Crippen molar-refractivity contribution in [3.05, 3.63) is 0 Å². The van der Waals surface area contributed by atoms with Gasteiger partial charge in [-0.15, -0.1) is 4.28 Å². The summed E-state index contributed by atoms with van der Waals surface area (Å²) >= 11 is 0. The maximum atomic E-state index is 12.3. The SMILES string of the molecule is NC(=NC(=O)CCN1CCCCC1)C1CCC2CN1C(=O)N2OS(=O)(=O)O. The number of urea groups is 1. The average Bonchev–Trinajstić information content (AvgIpc) is 2.84. The van der Waals surface area contributed by atoms with Crippen LogP contribution in [-0.4, -0.2) is 83.9 Å². The van der Waals surface area contributed by atoms with Gasteiger partial charge in [0.05, 0.1) is 12.1 Å². The van der Waals surface area contributed by atoms with Crippen LogP contribution in [-0.2, 0) is 19.5 Å². The Labute approximate surface area is 158 Å². The fourth-order valence-electron chi connectivity index (χ4n) is 3.85. The van der Waals surface area contributed by atoms with Crippen LogP contribution in [0.25, 0.3) is 0 Å². The highest BCUT2D eigenvalue weighted by Crippen LogP contribution is 2.30. The third-order valence-corrected chi connectivity index (χ3v) is 5.53. The number of amides is 3. The normalized spacial score (nSPS) is 27.3. The largest absolute Gasteiger partial charge is 0.418 e. The number of hydrogen-bond donors (Lipinski definition) is 2. The summed E-state index contributed by atoms with van der Waals surface area (Å²) in [6, 6.07) is -1.82. The molecule has 0 aromatic heterocycles. The summed E-state index contributed by atoms with van der Waals surface area (Å²) in [5.74, 6) is -0.294. The van der Waals surface area contributed by atoms with E-state index in [2.05, 4.69) is 14.2 Å². The van der Waals surface area contributed by atoms with Gasteiger partial charge in [0.25, 0.3) is 0 Å². The number of hydrogen-bond acceptors (Lipinski definition) is 6. The monoisotopic (exact) mass is 403 g/mol. The van der Waals surface area contributed by atoms with Crippen LogP contribution in [0, 0.1) is 0 Å². The summed E-state index contributed by atoms with van der Waals surface area (Å²) in [5.41, 5.74) is 5.97. The summed E-state index contributed by atoms with van der Waals surface area (Å²) in [5, 5.41) is 0.640. The molecule has 0 aromatic rings. The van der Waals surface area contributed by atoms with E-state index in [-0.39, 0.29) is 24.7 Å². The molecule has 12 heteroatoms. The van der Waals surface area contributed by atoms with Crippen LogP contribution in [0.15, 0.2) is 4.99 Å². The molecular weight excluding hydrogens is 378 g/mol. The van der Waals surface area contributed by atoms with Gasteiger partial charge in [0.1, 0.15) is 5.84 Å². The lowest BCUT2D eigenvalue weighted by molar-refractivity contribution is -0.118. The topological polar surface area (TPSA) is 146 Å². The third kappa shape index (κ3) is 4.94. The quantitative estimate of drug-likeness (QED) is 0.351. The molecule has 0 spiro atoms. The molecule has 2 bridgehead atoms. The van der Waals surface area contributed by atoms with Gasteiger partial charge in [-0.25, -0.2) is 4.79 Å². The maximum absolute atomic E-state index is 12.3. The Bertz CT molecular complexity index is 720. The van der Waals surface area contributed by atoms with Gasteiger partial charge in [-0.1, -0.05) is 6.42 Å².